The normalized spacial score (nSPS) is 11.3. The van der Waals surface area contributed by atoms with Crippen LogP contribution in [0.1, 0.15) is 16.8 Å². The van der Waals surface area contributed by atoms with E-state index in [-0.39, 0.29) is 30.9 Å². The molecule has 0 bridgehead atoms. The van der Waals surface area contributed by atoms with E-state index in [2.05, 4.69) is 10.1 Å². The number of nitrogens with one attached hydrogen (secondary N) is 1. The molecule has 3 aromatic heterocycles. The standard InChI is InChI=1S/C26H20Cl2N4O3/c27-19-8-2-1-7-18(19)15-35-16-23-25-21(12-24(33)31(23)14-17-6-5-11-29-13-17)30-32(26(25)34)22-10-4-3-9-20(22)28/h1-13,30H,14-16H2. The number of rotatable bonds is 7. The Hall–Kier alpha value is -3.65. The van der Waals surface area contributed by atoms with Gasteiger partial charge in [0.15, 0.2) is 0 Å². The molecule has 9 heteroatoms. The van der Waals surface area contributed by atoms with Gasteiger partial charge in [0.05, 0.1) is 47.1 Å². The average molecular weight is 507 g/mol. The Labute approximate surface area is 210 Å². The second kappa shape index (κ2) is 9.92. The molecule has 0 aliphatic carbocycles. The van der Waals surface area contributed by atoms with Crippen LogP contribution in [0.3, 0.4) is 0 Å². The number of ether oxygens (including phenoxy) is 1. The Kier molecular flexibility index (Phi) is 6.55. The number of fused-ring (bicyclic) bond motifs is 1. The molecule has 0 aliphatic heterocycles. The van der Waals surface area contributed by atoms with Crippen molar-refractivity contribution >= 4 is 34.1 Å². The van der Waals surface area contributed by atoms with Gasteiger partial charge in [-0.2, -0.15) is 0 Å². The lowest BCUT2D eigenvalue weighted by atomic mass is 10.2. The maximum Gasteiger partial charge on any atom is 0.281 e. The summed E-state index contributed by atoms with van der Waals surface area (Å²) in [5, 5.41) is 4.37. The predicted octanol–water partition coefficient (Wildman–Crippen LogP) is 4.95. The first kappa shape index (κ1) is 23.1. The van der Waals surface area contributed by atoms with Crippen LogP contribution in [-0.2, 0) is 24.5 Å². The lowest BCUT2D eigenvalue weighted by Crippen LogP contribution is -2.26. The third-order valence-electron chi connectivity index (χ3n) is 5.68. The molecule has 0 saturated carbocycles. The average Bonchev–Trinajstić information content (AvgIpc) is 3.18. The van der Waals surface area contributed by atoms with Gasteiger partial charge >= 0.3 is 0 Å². The van der Waals surface area contributed by atoms with Crippen molar-refractivity contribution in [3.8, 4) is 5.69 Å². The fraction of sp³-hybridized carbons (Fsp3) is 0.115. The number of H-pyrrole nitrogens is 1. The first-order valence-corrected chi connectivity index (χ1v) is 11.6. The molecule has 2 aromatic carbocycles. The van der Waals surface area contributed by atoms with Crippen LogP contribution in [0.25, 0.3) is 16.6 Å². The minimum absolute atomic E-state index is 0.0215. The van der Waals surface area contributed by atoms with Crippen LogP contribution in [0, 0.1) is 0 Å². The van der Waals surface area contributed by atoms with Crippen LogP contribution in [-0.4, -0.2) is 19.3 Å². The second-order valence-electron chi connectivity index (χ2n) is 7.95. The zero-order chi connectivity index (χ0) is 24.4. The van der Waals surface area contributed by atoms with Crippen molar-refractivity contribution in [3.05, 3.63) is 127 Å². The number of aromatic amines is 1. The van der Waals surface area contributed by atoms with Gasteiger partial charge in [-0.3, -0.25) is 19.7 Å². The highest BCUT2D eigenvalue weighted by Gasteiger charge is 2.19. The van der Waals surface area contributed by atoms with Crippen molar-refractivity contribution in [3.63, 3.8) is 0 Å². The maximum atomic E-state index is 13.6. The zero-order valence-electron chi connectivity index (χ0n) is 18.4. The van der Waals surface area contributed by atoms with E-state index in [0.29, 0.717) is 32.3 Å². The van der Waals surface area contributed by atoms with E-state index >= 15 is 0 Å². The summed E-state index contributed by atoms with van der Waals surface area (Å²) in [5.41, 5.74) is 2.38. The zero-order valence-corrected chi connectivity index (χ0v) is 20.0. The molecule has 0 amide bonds. The van der Waals surface area contributed by atoms with Gasteiger partial charge in [0.1, 0.15) is 0 Å². The number of para-hydroxylation sites is 1. The van der Waals surface area contributed by atoms with Crippen LogP contribution in [0.2, 0.25) is 10.0 Å². The summed E-state index contributed by atoms with van der Waals surface area (Å²) in [5.74, 6) is 0. The molecule has 1 N–H and O–H groups in total. The third kappa shape index (κ3) is 4.66. The number of benzene rings is 2. The molecule has 35 heavy (non-hydrogen) atoms. The summed E-state index contributed by atoms with van der Waals surface area (Å²) in [4.78, 5) is 30.9. The molecule has 0 saturated heterocycles. The molecule has 3 heterocycles. The summed E-state index contributed by atoms with van der Waals surface area (Å²) in [6, 6.07) is 19.5. The maximum absolute atomic E-state index is 13.6. The largest absolute Gasteiger partial charge is 0.370 e. The van der Waals surface area contributed by atoms with Crippen molar-refractivity contribution in [1.82, 2.24) is 19.3 Å². The van der Waals surface area contributed by atoms with E-state index in [1.54, 1.807) is 48.8 Å². The van der Waals surface area contributed by atoms with E-state index in [1.165, 1.54) is 15.3 Å². The quantitative estimate of drug-likeness (QED) is 0.338. The second-order valence-corrected chi connectivity index (χ2v) is 8.77. The highest BCUT2D eigenvalue weighted by molar-refractivity contribution is 6.32. The fourth-order valence-corrected chi connectivity index (χ4v) is 4.39. The Morgan fingerprint density at radius 2 is 1.69 bits per heavy atom. The molecule has 0 unspecified atom stereocenters. The number of pyridine rings is 2. The number of hydrogen-bond acceptors (Lipinski definition) is 4. The SMILES string of the molecule is O=c1c2c(COCc3ccccc3Cl)n(Cc3cccnc3)c(=O)cc2[nH]n1-c1ccccc1Cl. The molecule has 0 spiro atoms. The van der Waals surface area contributed by atoms with Gasteiger partial charge in [-0.25, -0.2) is 4.68 Å². The van der Waals surface area contributed by atoms with E-state index in [1.807, 2.05) is 24.3 Å². The van der Waals surface area contributed by atoms with Gasteiger partial charge < -0.3 is 9.30 Å². The Balaban J connectivity index is 1.63. The van der Waals surface area contributed by atoms with Crippen molar-refractivity contribution in [2.45, 2.75) is 19.8 Å². The topological polar surface area (TPSA) is 81.9 Å². The fourth-order valence-electron chi connectivity index (χ4n) is 3.98. The highest BCUT2D eigenvalue weighted by atomic mass is 35.5. The minimum atomic E-state index is -0.329. The predicted molar refractivity (Wildman–Crippen MR) is 136 cm³/mol. The molecular weight excluding hydrogens is 487 g/mol. The molecule has 0 aliphatic rings. The molecule has 0 radical (unpaired) electrons. The summed E-state index contributed by atoms with van der Waals surface area (Å²) in [6.07, 6.45) is 3.35. The van der Waals surface area contributed by atoms with E-state index in [4.69, 9.17) is 27.9 Å². The molecule has 0 atom stereocenters. The number of aromatic nitrogens is 4. The van der Waals surface area contributed by atoms with Gasteiger partial charge in [0, 0.05) is 23.5 Å². The molecule has 0 fully saturated rings. The minimum Gasteiger partial charge on any atom is -0.370 e. The smallest absolute Gasteiger partial charge is 0.281 e. The third-order valence-corrected chi connectivity index (χ3v) is 6.37. The molecule has 7 nitrogen and oxygen atoms in total. The monoisotopic (exact) mass is 506 g/mol. The van der Waals surface area contributed by atoms with Crippen LogP contribution in [0.15, 0.2) is 88.7 Å². The van der Waals surface area contributed by atoms with Crippen LogP contribution in [0.4, 0.5) is 0 Å². The van der Waals surface area contributed by atoms with Gasteiger partial charge in [-0.1, -0.05) is 59.6 Å². The Morgan fingerprint density at radius 1 is 0.914 bits per heavy atom. The van der Waals surface area contributed by atoms with Crippen molar-refractivity contribution in [2.24, 2.45) is 0 Å². The Morgan fingerprint density at radius 3 is 2.43 bits per heavy atom. The van der Waals surface area contributed by atoms with Gasteiger partial charge in [0.25, 0.3) is 11.1 Å². The number of halogens is 2. The summed E-state index contributed by atoms with van der Waals surface area (Å²) in [6.45, 7) is 0.484. The van der Waals surface area contributed by atoms with E-state index < -0.39 is 0 Å². The van der Waals surface area contributed by atoms with Crippen molar-refractivity contribution in [2.75, 3.05) is 0 Å². The number of nitrogens with zero attached hydrogens (tertiary/aromatic N) is 3. The lowest BCUT2D eigenvalue weighted by Gasteiger charge is -2.14. The van der Waals surface area contributed by atoms with Gasteiger partial charge in [-0.15, -0.1) is 0 Å². The first-order chi connectivity index (χ1) is 17.0. The number of hydrogen-bond donors (Lipinski definition) is 1. The van der Waals surface area contributed by atoms with Crippen LogP contribution < -0.4 is 11.1 Å². The first-order valence-electron chi connectivity index (χ1n) is 10.9. The van der Waals surface area contributed by atoms with E-state index in [9.17, 15) is 9.59 Å². The highest BCUT2D eigenvalue weighted by Crippen LogP contribution is 2.22. The summed E-state index contributed by atoms with van der Waals surface area (Å²) >= 11 is 12.6. The van der Waals surface area contributed by atoms with Crippen molar-refractivity contribution in [1.29, 1.82) is 0 Å². The molecule has 176 valence electrons. The van der Waals surface area contributed by atoms with Crippen LogP contribution in [0.5, 0.6) is 0 Å². The lowest BCUT2D eigenvalue weighted by molar-refractivity contribution is 0.103. The van der Waals surface area contributed by atoms with E-state index in [0.717, 1.165) is 11.1 Å². The molecule has 5 aromatic rings. The van der Waals surface area contributed by atoms with Gasteiger partial charge in [-0.05, 0) is 35.4 Å². The van der Waals surface area contributed by atoms with Gasteiger partial charge in [0.2, 0.25) is 0 Å². The van der Waals surface area contributed by atoms with Crippen molar-refractivity contribution < 1.29 is 4.74 Å². The Bertz CT molecular complexity index is 1620. The summed E-state index contributed by atoms with van der Waals surface area (Å²) in [7, 11) is 0. The molecule has 5 rings (SSSR count). The summed E-state index contributed by atoms with van der Waals surface area (Å²) < 4.78 is 8.86. The molecular formula is C26H20Cl2N4O3. The van der Waals surface area contributed by atoms with Crippen LogP contribution >= 0.6 is 23.2 Å².